The van der Waals surface area contributed by atoms with E-state index in [1.807, 2.05) is 24.3 Å². The maximum atomic E-state index is 13.0. The lowest BCUT2D eigenvalue weighted by molar-refractivity contribution is 0.0747. The fourth-order valence-corrected chi connectivity index (χ4v) is 6.14. The van der Waals surface area contributed by atoms with Crippen LogP contribution in [0.3, 0.4) is 0 Å². The highest BCUT2D eigenvalue weighted by molar-refractivity contribution is 7.85. The largest absolute Gasteiger partial charge is 0.454 e. The number of ketones is 1. The number of carbonyl (C=O) groups is 1. The van der Waals surface area contributed by atoms with E-state index in [9.17, 15) is 9.00 Å². The molecule has 5 rings (SSSR count). The van der Waals surface area contributed by atoms with Gasteiger partial charge in [0.05, 0.1) is 10.8 Å². The number of benzene rings is 2. The van der Waals surface area contributed by atoms with E-state index in [1.165, 1.54) is 32.1 Å². The zero-order valence-corrected chi connectivity index (χ0v) is 18.6. The Hall–Kier alpha value is -2.18. The summed E-state index contributed by atoms with van der Waals surface area (Å²) in [5.41, 5.74) is 0.725. The van der Waals surface area contributed by atoms with Crippen molar-refractivity contribution in [3.8, 4) is 11.5 Å². The molecule has 1 unspecified atom stereocenters. The number of ether oxygens (including phenoxy) is 2. The fourth-order valence-electron chi connectivity index (χ4n) is 5.08. The Balaban J connectivity index is 1.21. The molecule has 1 saturated heterocycles. The molecule has 5 nitrogen and oxygen atoms in total. The van der Waals surface area contributed by atoms with Gasteiger partial charge in [0.1, 0.15) is 0 Å². The van der Waals surface area contributed by atoms with Gasteiger partial charge in [0.2, 0.25) is 6.79 Å². The van der Waals surface area contributed by atoms with Crippen molar-refractivity contribution in [2.75, 3.05) is 19.9 Å². The summed E-state index contributed by atoms with van der Waals surface area (Å²) in [6.07, 6.45) is 8.61. The van der Waals surface area contributed by atoms with Gasteiger partial charge < -0.3 is 14.4 Å². The number of hydrogen-bond acceptors (Lipinski definition) is 5. The van der Waals surface area contributed by atoms with Crippen LogP contribution in [0.15, 0.2) is 52.3 Å². The van der Waals surface area contributed by atoms with Crippen molar-refractivity contribution in [3.05, 3.63) is 48.0 Å². The topological polar surface area (TPSA) is 55.8 Å². The molecule has 2 heterocycles. The molecule has 0 spiro atoms. The van der Waals surface area contributed by atoms with E-state index in [0.717, 1.165) is 37.5 Å². The molecule has 6 heteroatoms. The number of piperidine rings is 1. The highest BCUT2D eigenvalue weighted by Gasteiger charge is 2.29. The number of fused-ring (bicyclic) bond motifs is 1. The molecule has 2 aliphatic heterocycles. The van der Waals surface area contributed by atoms with Gasteiger partial charge in [0.15, 0.2) is 17.3 Å². The van der Waals surface area contributed by atoms with Crippen molar-refractivity contribution in [1.29, 1.82) is 0 Å². The number of carbonyl (C=O) groups excluding carboxylic acids is 1. The molecule has 0 N–H and O–H groups in total. The third-order valence-electron chi connectivity index (χ3n) is 6.90. The second kappa shape index (κ2) is 9.13. The van der Waals surface area contributed by atoms with E-state index in [-0.39, 0.29) is 18.5 Å². The minimum absolute atomic E-state index is 0.102. The molecule has 164 valence electrons. The quantitative estimate of drug-likeness (QED) is 0.626. The molecule has 0 radical (unpaired) electrons. The maximum absolute atomic E-state index is 13.0. The van der Waals surface area contributed by atoms with Crippen molar-refractivity contribution in [3.63, 3.8) is 0 Å². The lowest BCUT2D eigenvalue weighted by atomic mass is 9.86. The van der Waals surface area contributed by atoms with E-state index >= 15 is 0 Å². The first-order valence-electron chi connectivity index (χ1n) is 11.4. The van der Waals surface area contributed by atoms with Gasteiger partial charge in [-0.1, -0.05) is 31.4 Å². The molecule has 2 aromatic rings. The second-order valence-corrected chi connectivity index (χ2v) is 10.3. The van der Waals surface area contributed by atoms with Crippen molar-refractivity contribution in [2.45, 2.75) is 60.8 Å². The van der Waals surface area contributed by atoms with Crippen molar-refractivity contribution >= 4 is 16.6 Å². The van der Waals surface area contributed by atoms with Crippen LogP contribution in [0.5, 0.6) is 11.5 Å². The first kappa shape index (κ1) is 20.7. The first-order valence-corrected chi connectivity index (χ1v) is 12.5. The highest BCUT2D eigenvalue weighted by atomic mass is 32.2. The van der Waals surface area contributed by atoms with E-state index in [0.29, 0.717) is 21.3 Å². The monoisotopic (exact) mass is 439 g/mol. The average molecular weight is 440 g/mol. The lowest BCUT2D eigenvalue weighted by Gasteiger charge is -2.39. The summed E-state index contributed by atoms with van der Waals surface area (Å²) in [5, 5.41) is 0. The standard InChI is InChI=1S/C25H29NO4S/c27-25(19-12-14-26(15-13-19)20-4-2-1-3-5-20)18-6-8-21(9-7-18)31(28)22-10-11-23-24(16-22)30-17-29-23/h6-11,16,19-20H,1-5,12-15,17H2. The van der Waals surface area contributed by atoms with Gasteiger partial charge in [-0.3, -0.25) is 4.79 Å². The third kappa shape index (κ3) is 4.41. The predicted octanol–water partition coefficient (Wildman–Crippen LogP) is 4.81. The normalized spacial score (nSPS) is 21.2. The Morgan fingerprint density at radius 1 is 0.839 bits per heavy atom. The minimum atomic E-state index is -1.33. The maximum Gasteiger partial charge on any atom is 0.231 e. The van der Waals surface area contributed by atoms with E-state index in [2.05, 4.69) is 4.90 Å². The Kier molecular flexibility index (Phi) is 6.10. The summed E-state index contributed by atoms with van der Waals surface area (Å²) >= 11 is 0. The molecule has 1 atom stereocenters. The van der Waals surface area contributed by atoms with Crippen LogP contribution in [0, 0.1) is 5.92 Å². The molecular weight excluding hydrogens is 410 g/mol. The molecule has 0 bridgehead atoms. The van der Waals surface area contributed by atoms with Crippen LogP contribution in [-0.2, 0) is 10.8 Å². The Bertz CT molecular complexity index is 960. The molecule has 0 amide bonds. The summed E-state index contributed by atoms with van der Waals surface area (Å²) in [6.45, 7) is 2.27. The summed E-state index contributed by atoms with van der Waals surface area (Å²) in [6, 6.07) is 13.4. The van der Waals surface area contributed by atoms with Gasteiger partial charge in [-0.25, -0.2) is 4.21 Å². The van der Waals surface area contributed by atoms with Crippen LogP contribution in [0.1, 0.15) is 55.3 Å². The van der Waals surface area contributed by atoms with E-state index in [4.69, 9.17) is 9.47 Å². The van der Waals surface area contributed by atoms with E-state index in [1.54, 1.807) is 18.2 Å². The van der Waals surface area contributed by atoms with Crippen LogP contribution < -0.4 is 9.47 Å². The van der Waals surface area contributed by atoms with Gasteiger partial charge >= 0.3 is 0 Å². The van der Waals surface area contributed by atoms with Gasteiger partial charge in [0, 0.05) is 33.4 Å². The van der Waals surface area contributed by atoms with Crippen molar-refractivity contribution < 1.29 is 18.5 Å². The molecule has 2 aromatic carbocycles. The Labute approximate surface area is 186 Å². The van der Waals surface area contributed by atoms with Crippen LogP contribution in [0.25, 0.3) is 0 Å². The van der Waals surface area contributed by atoms with E-state index < -0.39 is 10.8 Å². The number of rotatable bonds is 5. The zero-order valence-electron chi connectivity index (χ0n) is 17.8. The lowest BCUT2D eigenvalue weighted by Crippen LogP contribution is -2.43. The van der Waals surface area contributed by atoms with Gasteiger partial charge in [-0.05, 0) is 63.0 Å². The predicted molar refractivity (Wildman–Crippen MR) is 119 cm³/mol. The number of hydrogen-bond donors (Lipinski definition) is 0. The minimum Gasteiger partial charge on any atom is -0.454 e. The molecule has 2 fully saturated rings. The third-order valence-corrected chi connectivity index (χ3v) is 8.28. The molecule has 3 aliphatic rings. The molecular formula is C25H29NO4S. The van der Waals surface area contributed by atoms with Crippen molar-refractivity contribution in [2.24, 2.45) is 5.92 Å². The number of nitrogens with zero attached hydrogens (tertiary/aromatic N) is 1. The summed E-state index contributed by atoms with van der Waals surface area (Å²) in [7, 11) is -1.33. The average Bonchev–Trinajstić information content (AvgIpc) is 3.32. The smallest absolute Gasteiger partial charge is 0.231 e. The Morgan fingerprint density at radius 3 is 2.26 bits per heavy atom. The Morgan fingerprint density at radius 2 is 1.52 bits per heavy atom. The highest BCUT2D eigenvalue weighted by Crippen LogP contribution is 2.34. The first-order chi connectivity index (χ1) is 15.2. The number of likely N-dealkylation sites (tertiary alicyclic amines) is 1. The fraction of sp³-hybridized carbons (Fsp3) is 0.480. The summed E-state index contributed by atoms with van der Waals surface area (Å²) < 4.78 is 23.6. The molecule has 0 aromatic heterocycles. The van der Waals surface area contributed by atoms with Gasteiger partial charge in [0.25, 0.3) is 0 Å². The molecule has 1 aliphatic carbocycles. The van der Waals surface area contributed by atoms with Crippen LogP contribution in [0.4, 0.5) is 0 Å². The molecule has 1 saturated carbocycles. The summed E-state index contributed by atoms with van der Waals surface area (Å²) in [4.78, 5) is 17.0. The van der Waals surface area contributed by atoms with Crippen LogP contribution >= 0.6 is 0 Å². The van der Waals surface area contributed by atoms with Gasteiger partial charge in [-0.15, -0.1) is 0 Å². The van der Waals surface area contributed by atoms with Crippen LogP contribution in [-0.4, -0.2) is 40.8 Å². The molecule has 31 heavy (non-hydrogen) atoms. The SMILES string of the molecule is O=C(c1ccc(S(=O)c2ccc3c(c2)OCO3)cc1)C1CCN(C2CCCCC2)CC1. The van der Waals surface area contributed by atoms with Crippen molar-refractivity contribution in [1.82, 2.24) is 4.90 Å². The zero-order chi connectivity index (χ0) is 21.2. The number of Topliss-reactive ketones (excluding diaryl/α,β-unsaturated/α-hetero) is 1. The summed E-state index contributed by atoms with van der Waals surface area (Å²) in [5.74, 6) is 1.63. The van der Waals surface area contributed by atoms with Crippen LogP contribution in [0.2, 0.25) is 0 Å². The van der Waals surface area contributed by atoms with Gasteiger partial charge in [-0.2, -0.15) is 0 Å². The second-order valence-electron chi connectivity index (χ2n) is 8.77.